The first kappa shape index (κ1) is 13.0. The summed E-state index contributed by atoms with van der Waals surface area (Å²) in [6, 6.07) is 2.45. The van der Waals surface area contributed by atoms with Crippen LogP contribution >= 0.6 is 15.9 Å². The van der Waals surface area contributed by atoms with Crippen LogP contribution in [0.15, 0.2) is 27.6 Å². The Kier molecular flexibility index (Phi) is 4.73. The van der Waals surface area contributed by atoms with E-state index in [1.165, 1.54) is 10.6 Å². The zero-order valence-corrected chi connectivity index (χ0v) is 10.9. The first-order valence-corrected chi connectivity index (χ1v) is 5.90. The minimum Gasteiger partial charge on any atom is -0.464 e. The molecule has 0 N–H and O–H groups in total. The fourth-order valence-corrected chi connectivity index (χ4v) is 1.57. The summed E-state index contributed by atoms with van der Waals surface area (Å²) in [4.78, 5) is 23.1. The van der Waals surface area contributed by atoms with Crippen LogP contribution in [0.1, 0.15) is 26.3 Å². The number of halogens is 1. The van der Waals surface area contributed by atoms with Crippen molar-refractivity contribution in [2.45, 2.75) is 26.3 Å². The molecule has 1 rings (SSSR count). The molecule has 0 amide bonds. The van der Waals surface area contributed by atoms with E-state index in [-0.39, 0.29) is 11.5 Å². The molecule has 0 aromatic carbocycles. The zero-order valence-electron chi connectivity index (χ0n) is 9.27. The third-order valence-electron chi connectivity index (χ3n) is 2.11. The van der Waals surface area contributed by atoms with E-state index in [1.807, 2.05) is 6.92 Å². The number of hydrogen-bond acceptors (Lipinski definition) is 3. The number of hydrogen-bond donors (Lipinski definition) is 0. The van der Waals surface area contributed by atoms with Gasteiger partial charge in [0.05, 0.1) is 6.61 Å². The minimum atomic E-state index is -0.600. The molecule has 0 saturated carbocycles. The lowest BCUT2D eigenvalue weighted by molar-refractivity contribution is -0.147. The predicted molar refractivity (Wildman–Crippen MR) is 64.4 cm³/mol. The van der Waals surface area contributed by atoms with Gasteiger partial charge in [0, 0.05) is 16.7 Å². The predicted octanol–water partition coefficient (Wildman–Crippen LogP) is 2.12. The van der Waals surface area contributed by atoms with Crippen LogP contribution in [0.3, 0.4) is 0 Å². The second-order valence-corrected chi connectivity index (χ2v) is 4.35. The maximum absolute atomic E-state index is 11.6. The van der Waals surface area contributed by atoms with Gasteiger partial charge in [-0.25, -0.2) is 4.79 Å². The van der Waals surface area contributed by atoms with Crippen LogP contribution in [0.4, 0.5) is 0 Å². The summed E-state index contributed by atoms with van der Waals surface area (Å²) in [6.07, 6.45) is 2.35. The van der Waals surface area contributed by atoms with Crippen LogP contribution in [0.25, 0.3) is 0 Å². The molecule has 16 heavy (non-hydrogen) atoms. The second kappa shape index (κ2) is 5.84. The van der Waals surface area contributed by atoms with E-state index in [9.17, 15) is 9.59 Å². The molecule has 5 heteroatoms. The quantitative estimate of drug-likeness (QED) is 0.797. The van der Waals surface area contributed by atoms with Crippen LogP contribution in [-0.2, 0) is 9.53 Å². The van der Waals surface area contributed by atoms with Crippen molar-refractivity contribution in [1.82, 2.24) is 4.57 Å². The van der Waals surface area contributed by atoms with Crippen molar-refractivity contribution in [2.24, 2.45) is 0 Å². The highest BCUT2D eigenvalue weighted by Gasteiger charge is 2.17. The Morgan fingerprint density at radius 1 is 1.56 bits per heavy atom. The summed E-state index contributed by atoms with van der Waals surface area (Å²) in [5.41, 5.74) is -0.218. The summed E-state index contributed by atoms with van der Waals surface area (Å²) in [7, 11) is 0. The van der Waals surface area contributed by atoms with Crippen LogP contribution in [0.5, 0.6) is 0 Å². The average molecular weight is 288 g/mol. The molecule has 0 aliphatic carbocycles. The molecule has 0 radical (unpaired) electrons. The van der Waals surface area contributed by atoms with Crippen molar-refractivity contribution in [3.63, 3.8) is 0 Å². The van der Waals surface area contributed by atoms with E-state index in [2.05, 4.69) is 15.9 Å². The monoisotopic (exact) mass is 287 g/mol. The fraction of sp³-hybridized carbons (Fsp3) is 0.455. The Balaban J connectivity index is 2.87. The molecule has 1 unspecified atom stereocenters. The number of carbonyl (C=O) groups is 1. The smallest absolute Gasteiger partial charge is 0.328 e. The molecule has 1 aromatic heterocycles. The molecule has 0 saturated heterocycles. The van der Waals surface area contributed by atoms with E-state index in [0.717, 1.165) is 10.9 Å². The topological polar surface area (TPSA) is 48.3 Å². The van der Waals surface area contributed by atoms with E-state index in [1.54, 1.807) is 19.2 Å². The van der Waals surface area contributed by atoms with Crippen LogP contribution in [0, 0.1) is 0 Å². The summed E-state index contributed by atoms with van der Waals surface area (Å²) < 4.78 is 7.09. The van der Waals surface area contributed by atoms with Gasteiger partial charge in [0.15, 0.2) is 0 Å². The van der Waals surface area contributed by atoms with Gasteiger partial charge in [0.1, 0.15) is 6.04 Å². The molecule has 0 aliphatic heterocycles. The van der Waals surface area contributed by atoms with E-state index in [0.29, 0.717) is 6.61 Å². The SMILES string of the molecule is CCCOC(=O)C(C)n1cc(Br)ccc1=O. The van der Waals surface area contributed by atoms with Crippen molar-refractivity contribution in [3.05, 3.63) is 33.2 Å². The Morgan fingerprint density at radius 3 is 2.88 bits per heavy atom. The summed E-state index contributed by atoms with van der Waals surface area (Å²) in [5.74, 6) is -0.387. The molecule has 0 bridgehead atoms. The highest BCUT2D eigenvalue weighted by atomic mass is 79.9. The van der Waals surface area contributed by atoms with Gasteiger partial charge >= 0.3 is 5.97 Å². The number of rotatable bonds is 4. The van der Waals surface area contributed by atoms with Crippen molar-refractivity contribution >= 4 is 21.9 Å². The summed E-state index contributed by atoms with van der Waals surface area (Å²) in [5, 5.41) is 0. The molecule has 4 nitrogen and oxygen atoms in total. The third kappa shape index (κ3) is 3.20. The number of esters is 1. The molecule has 1 aromatic rings. The Morgan fingerprint density at radius 2 is 2.25 bits per heavy atom. The Bertz CT molecular complexity index is 427. The second-order valence-electron chi connectivity index (χ2n) is 3.44. The number of aromatic nitrogens is 1. The van der Waals surface area contributed by atoms with Gasteiger partial charge in [-0.2, -0.15) is 0 Å². The van der Waals surface area contributed by atoms with Crippen LogP contribution in [0.2, 0.25) is 0 Å². The first-order chi connectivity index (χ1) is 7.56. The zero-order chi connectivity index (χ0) is 12.1. The maximum atomic E-state index is 11.6. The summed E-state index contributed by atoms with van der Waals surface area (Å²) in [6.45, 7) is 3.95. The molecular formula is C11H14BrNO3. The van der Waals surface area contributed by atoms with Gasteiger partial charge < -0.3 is 9.30 Å². The van der Waals surface area contributed by atoms with E-state index < -0.39 is 6.04 Å². The highest BCUT2D eigenvalue weighted by molar-refractivity contribution is 9.10. The number of pyridine rings is 1. The lowest BCUT2D eigenvalue weighted by Crippen LogP contribution is -2.28. The standard InChI is InChI=1S/C11H14BrNO3/c1-3-6-16-11(15)8(2)13-7-9(12)4-5-10(13)14/h4-5,7-8H,3,6H2,1-2H3. The third-order valence-corrected chi connectivity index (χ3v) is 2.58. The molecule has 88 valence electrons. The lowest BCUT2D eigenvalue weighted by atomic mass is 10.3. The van der Waals surface area contributed by atoms with Gasteiger partial charge in [-0.3, -0.25) is 4.79 Å². The average Bonchev–Trinajstić information content (AvgIpc) is 2.28. The van der Waals surface area contributed by atoms with Crippen molar-refractivity contribution in [1.29, 1.82) is 0 Å². The molecule has 1 atom stereocenters. The highest BCUT2D eigenvalue weighted by Crippen LogP contribution is 2.10. The normalized spacial score (nSPS) is 12.2. The van der Waals surface area contributed by atoms with Crippen LogP contribution in [-0.4, -0.2) is 17.1 Å². The maximum Gasteiger partial charge on any atom is 0.328 e. The Labute approximate surface area is 102 Å². The van der Waals surface area contributed by atoms with Gasteiger partial charge in [-0.1, -0.05) is 6.92 Å². The molecule has 0 aliphatic rings. The van der Waals surface area contributed by atoms with Gasteiger partial charge in [0.25, 0.3) is 5.56 Å². The van der Waals surface area contributed by atoms with Gasteiger partial charge in [-0.15, -0.1) is 0 Å². The first-order valence-electron chi connectivity index (χ1n) is 5.10. The van der Waals surface area contributed by atoms with Crippen molar-refractivity contribution < 1.29 is 9.53 Å². The molecular weight excluding hydrogens is 274 g/mol. The summed E-state index contributed by atoms with van der Waals surface area (Å²) >= 11 is 3.25. The van der Waals surface area contributed by atoms with Crippen LogP contribution < -0.4 is 5.56 Å². The van der Waals surface area contributed by atoms with Gasteiger partial charge in [-0.05, 0) is 35.3 Å². The fourth-order valence-electron chi connectivity index (χ4n) is 1.22. The largest absolute Gasteiger partial charge is 0.464 e. The van der Waals surface area contributed by atoms with E-state index >= 15 is 0 Å². The van der Waals surface area contributed by atoms with E-state index in [4.69, 9.17) is 4.74 Å². The lowest BCUT2D eigenvalue weighted by Gasteiger charge is -2.14. The molecule has 1 heterocycles. The number of carbonyl (C=O) groups excluding carboxylic acids is 1. The number of nitrogens with zero attached hydrogens (tertiary/aromatic N) is 1. The minimum absolute atomic E-state index is 0.218. The van der Waals surface area contributed by atoms with Gasteiger partial charge in [0.2, 0.25) is 0 Å². The molecule has 0 spiro atoms. The van der Waals surface area contributed by atoms with Crippen molar-refractivity contribution in [2.75, 3.05) is 6.61 Å². The molecule has 0 fully saturated rings. The Hall–Kier alpha value is -1.10. The number of ether oxygens (including phenoxy) is 1. The van der Waals surface area contributed by atoms with Crippen molar-refractivity contribution in [3.8, 4) is 0 Å².